The van der Waals surface area contributed by atoms with Gasteiger partial charge in [-0.3, -0.25) is 19.3 Å². The Hall–Kier alpha value is -2.76. The second-order valence-corrected chi connectivity index (χ2v) is 4.77. The van der Waals surface area contributed by atoms with Gasteiger partial charge in [0.1, 0.15) is 11.5 Å². The third-order valence-electron chi connectivity index (χ3n) is 3.40. The molecule has 6 heteroatoms. The van der Waals surface area contributed by atoms with Crippen LogP contribution in [0.15, 0.2) is 47.4 Å². The maximum Gasteiger partial charge on any atom is 0.264 e. The van der Waals surface area contributed by atoms with Crippen molar-refractivity contribution in [2.45, 2.75) is 6.54 Å². The van der Waals surface area contributed by atoms with Crippen molar-refractivity contribution in [1.82, 2.24) is 14.1 Å². The zero-order chi connectivity index (χ0) is 15.0. The minimum Gasteiger partial charge on any atom is -0.292 e. The minimum atomic E-state index is -0.307. The highest BCUT2D eigenvalue weighted by Crippen LogP contribution is 2.08. The summed E-state index contributed by atoms with van der Waals surface area (Å²) < 4.78 is 15.9. The molecule has 0 atom stereocenters. The highest BCUT2D eigenvalue weighted by molar-refractivity contribution is 5.73. The summed E-state index contributed by atoms with van der Waals surface area (Å²) in [5.41, 5.74) is 1.09. The Morgan fingerprint density at radius 3 is 2.67 bits per heavy atom. The van der Waals surface area contributed by atoms with Gasteiger partial charge < -0.3 is 0 Å². The van der Waals surface area contributed by atoms with E-state index in [-0.39, 0.29) is 17.0 Å². The van der Waals surface area contributed by atoms with Crippen LogP contribution in [0.4, 0.5) is 4.39 Å². The normalized spacial score (nSPS) is 11.0. The van der Waals surface area contributed by atoms with Crippen LogP contribution >= 0.6 is 0 Å². The van der Waals surface area contributed by atoms with Crippen molar-refractivity contribution in [3.8, 4) is 0 Å². The number of pyridine rings is 1. The van der Waals surface area contributed by atoms with Crippen LogP contribution in [0, 0.1) is 11.2 Å². The van der Waals surface area contributed by atoms with Gasteiger partial charge in [0.25, 0.3) is 5.56 Å². The van der Waals surface area contributed by atoms with E-state index < -0.39 is 0 Å². The summed E-state index contributed by atoms with van der Waals surface area (Å²) in [5.74, 6) is -0.307. The van der Waals surface area contributed by atoms with Crippen LogP contribution in [0.3, 0.4) is 0 Å². The molecule has 0 aliphatic heterocycles. The third kappa shape index (κ3) is 2.24. The molecule has 0 fully saturated rings. The van der Waals surface area contributed by atoms with E-state index in [4.69, 9.17) is 5.41 Å². The zero-order valence-electron chi connectivity index (χ0n) is 11.4. The van der Waals surface area contributed by atoms with E-state index in [0.717, 1.165) is 5.56 Å². The first-order valence-corrected chi connectivity index (χ1v) is 6.41. The van der Waals surface area contributed by atoms with E-state index in [1.807, 2.05) is 0 Å². The fourth-order valence-electron chi connectivity index (χ4n) is 2.26. The molecule has 2 heterocycles. The van der Waals surface area contributed by atoms with Crippen molar-refractivity contribution in [3.63, 3.8) is 0 Å². The van der Waals surface area contributed by atoms with Gasteiger partial charge in [0, 0.05) is 13.2 Å². The van der Waals surface area contributed by atoms with Gasteiger partial charge >= 0.3 is 0 Å². The summed E-state index contributed by atoms with van der Waals surface area (Å²) in [6.45, 7) is 0.348. The monoisotopic (exact) mass is 284 g/mol. The van der Waals surface area contributed by atoms with Gasteiger partial charge in [0.15, 0.2) is 0 Å². The first-order chi connectivity index (χ1) is 10.1. The van der Waals surface area contributed by atoms with Crippen molar-refractivity contribution in [3.05, 3.63) is 69.9 Å². The molecule has 0 aliphatic carbocycles. The van der Waals surface area contributed by atoms with Gasteiger partial charge in [-0.2, -0.15) is 0 Å². The van der Waals surface area contributed by atoms with E-state index in [1.54, 1.807) is 42.1 Å². The lowest BCUT2D eigenvalue weighted by Gasteiger charge is -2.12. The summed E-state index contributed by atoms with van der Waals surface area (Å²) in [6.07, 6.45) is 1.59. The lowest BCUT2D eigenvalue weighted by atomic mass is 10.2. The lowest BCUT2D eigenvalue weighted by Crippen LogP contribution is -2.38. The predicted molar refractivity (Wildman–Crippen MR) is 76.3 cm³/mol. The molecule has 0 amide bonds. The highest BCUT2D eigenvalue weighted by atomic mass is 19.1. The maximum absolute atomic E-state index is 13.0. The molecule has 5 nitrogen and oxygen atoms in total. The molecule has 1 N–H and O–H groups in total. The Morgan fingerprint density at radius 1 is 1.24 bits per heavy atom. The molecule has 21 heavy (non-hydrogen) atoms. The second kappa shape index (κ2) is 4.97. The number of rotatable bonds is 2. The van der Waals surface area contributed by atoms with Crippen LogP contribution < -0.4 is 11.2 Å². The third-order valence-corrected chi connectivity index (χ3v) is 3.40. The van der Waals surface area contributed by atoms with Gasteiger partial charge in [0.05, 0.1) is 11.9 Å². The van der Waals surface area contributed by atoms with Crippen molar-refractivity contribution in [1.29, 1.82) is 5.41 Å². The average molecular weight is 284 g/mol. The standard InChI is InChI=1S/C15H13FN4O/c1-19-14(21)12-3-2-8-18-13(12)20(15(19)17)9-10-4-6-11(16)7-5-10/h2-8,17H,9H2,1H3. The van der Waals surface area contributed by atoms with E-state index in [2.05, 4.69) is 4.98 Å². The zero-order valence-corrected chi connectivity index (χ0v) is 11.4. The number of hydrogen-bond donors (Lipinski definition) is 1. The quantitative estimate of drug-likeness (QED) is 0.773. The summed E-state index contributed by atoms with van der Waals surface area (Å²) >= 11 is 0. The molecule has 0 saturated carbocycles. The second-order valence-electron chi connectivity index (χ2n) is 4.77. The largest absolute Gasteiger partial charge is 0.292 e. The summed E-state index contributed by atoms with van der Waals surface area (Å²) in [4.78, 5) is 16.4. The van der Waals surface area contributed by atoms with E-state index in [0.29, 0.717) is 17.6 Å². The van der Waals surface area contributed by atoms with Crippen LogP contribution in [0.5, 0.6) is 0 Å². The van der Waals surface area contributed by atoms with Gasteiger partial charge in [-0.15, -0.1) is 0 Å². The summed E-state index contributed by atoms with van der Waals surface area (Å²) in [6, 6.07) is 9.43. The van der Waals surface area contributed by atoms with Crippen LogP contribution in [0.1, 0.15) is 5.56 Å². The number of halogens is 1. The molecular weight excluding hydrogens is 271 g/mol. The molecule has 2 aromatic heterocycles. The van der Waals surface area contributed by atoms with E-state index in [1.165, 1.54) is 16.7 Å². The van der Waals surface area contributed by atoms with Gasteiger partial charge in [-0.1, -0.05) is 12.1 Å². The topological polar surface area (TPSA) is 63.7 Å². The summed E-state index contributed by atoms with van der Waals surface area (Å²) in [7, 11) is 1.55. The molecule has 3 aromatic rings. The predicted octanol–water partition coefficient (Wildman–Crippen LogP) is 1.40. The Labute approximate surface area is 119 Å². The van der Waals surface area contributed by atoms with Crippen LogP contribution in [0.25, 0.3) is 11.0 Å². The fourth-order valence-corrected chi connectivity index (χ4v) is 2.26. The van der Waals surface area contributed by atoms with E-state index >= 15 is 0 Å². The molecule has 0 spiro atoms. The molecule has 0 bridgehead atoms. The lowest BCUT2D eigenvalue weighted by molar-refractivity contribution is 0.619. The van der Waals surface area contributed by atoms with Crippen LogP contribution in [0.2, 0.25) is 0 Å². The SMILES string of the molecule is Cn1c(=O)c2cccnc2n(Cc2ccc(F)cc2)c1=N. The highest BCUT2D eigenvalue weighted by Gasteiger charge is 2.09. The molecule has 1 aromatic carbocycles. The van der Waals surface area contributed by atoms with Gasteiger partial charge in [0.2, 0.25) is 5.62 Å². The average Bonchev–Trinajstić information content (AvgIpc) is 2.51. The van der Waals surface area contributed by atoms with E-state index in [9.17, 15) is 9.18 Å². The Balaban J connectivity index is 2.25. The van der Waals surface area contributed by atoms with Gasteiger partial charge in [-0.05, 0) is 29.8 Å². The Bertz CT molecular complexity index is 925. The number of nitrogens with one attached hydrogen (secondary N) is 1. The number of aromatic nitrogens is 3. The molecule has 0 aliphatic rings. The van der Waals surface area contributed by atoms with Crippen molar-refractivity contribution in [2.24, 2.45) is 7.05 Å². The Kier molecular flexibility index (Phi) is 3.13. The molecule has 0 unspecified atom stereocenters. The molecule has 106 valence electrons. The first kappa shape index (κ1) is 13.2. The molecule has 0 radical (unpaired) electrons. The van der Waals surface area contributed by atoms with Gasteiger partial charge in [-0.25, -0.2) is 9.37 Å². The van der Waals surface area contributed by atoms with Crippen molar-refractivity contribution >= 4 is 11.0 Å². The molecule has 0 saturated heterocycles. The minimum absolute atomic E-state index is 0.0514. The fraction of sp³-hybridized carbons (Fsp3) is 0.133. The first-order valence-electron chi connectivity index (χ1n) is 6.41. The summed E-state index contributed by atoms with van der Waals surface area (Å²) in [5, 5.41) is 8.58. The number of fused-ring (bicyclic) bond motifs is 1. The smallest absolute Gasteiger partial charge is 0.264 e. The Morgan fingerprint density at radius 2 is 1.95 bits per heavy atom. The number of hydrogen-bond acceptors (Lipinski definition) is 3. The molecular formula is C15H13FN4O. The molecule has 3 rings (SSSR count). The number of benzene rings is 1. The van der Waals surface area contributed by atoms with Crippen molar-refractivity contribution < 1.29 is 4.39 Å². The van der Waals surface area contributed by atoms with Crippen LogP contribution in [-0.4, -0.2) is 14.1 Å². The number of nitrogens with zero attached hydrogens (tertiary/aromatic N) is 3. The maximum atomic E-state index is 13.0. The van der Waals surface area contributed by atoms with Crippen LogP contribution in [-0.2, 0) is 13.6 Å². The van der Waals surface area contributed by atoms with Crippen molar-refractivity contribution in [2.75, 3.05) is 0 Å².